The molecule has 5 heteroatoms. The van der Waals surface area contributed by atoms with Crippen LogP contribution in [0.3, 0.4) is 0 Å². The Hall–Kier alpha value is -2.17. The van der Waals surface area contributed by atoms with Crippen LogP contribution >= 0.6 is 0 Å². The second kappa shape index (κ2) is 4.57. The van der Waals surface area contributed by atoms with Gasteiger partial charge in [0.05, 0.1) is 25.6 Å². The van der Waals surface area contributed by atoms with Crippen LogP contribution in [0, 0.1) is 0 Å². The summed E-state index contributed by atoms with van der Waals surface area (Å²) in [6, 6.07) is 6.92. The Balaban J connectivity index is 2.03. The van der Waals surface area contributed by atoms with E-state index < -0.39 is 6.09 Å². The Morgan fingerprint density at radius 1 is 1.12 bits per heavy atom. The first-order valence-electron chi connectivity index (χ1n) is 4.78. The van der Waals surface area contributed by atoms with Gasteiger partial charge in [0, 0.05) is 0 Å². The molecule has 0 atom stereocenters. The molecule has 2 rings (SSSR count). The topological polar surface area (TPSA) is 66.8 Å². The number of rotatable bonds is 4. The molecule has 0 aliphatic rings. The summed E-state index contributed by atoms with van der Waals surface area (Å²) >= 11 is 0. The zero-order chi connectivity index (χ0) is 11.4. The molecule has 2 aromatic heterocycles. The molecule has 0 unspecified atom stereocenters. The lowest BCUT2D eigenvalue weighted by atomic mass is 10.3. The first-order valence-corrected chi connectivity index (χ1v) is 4.78. The van der Waals surface area contributed by atoms with Gasteiger partial charge in [-0.2, -0.15) is 0 Å². The minimum absolute atomic E-state index is 0.211. The highest BCUT2D eigenvalue weighted by Gasteiger charge is 2.15. The summed E-state index contributed by atoms with van der Waals surface area (Å²) in [5.74, 6) is 1.21. The summed E-state index contributed by atoms with van der Waals surface area (Å²) < 4.78 is 10.2. The number of carboxylic acid groups (broad SMARTS) is 1. The number of carbonyl (C=O) groups is 1. The average molecular weight is 221 g/mol. The van der Waals surface area contributed by atoms with Crippen LogP contribution in [0.5, 0.6) is 0 Å². The normalized spacial score (nSPS) is 10.2. The Morgan fingerprint density at radius 2 is 1.62 bits per heavy atom. The van der Waals surface area contributed by atoms with Crippen molar-refractivity contribution >= 4 is 6.09 Å². The van der Waals surface area contributed by atoms with Crippen molar-refractivity contribution < 1.29 is 18.7 Å². The van der Waals surface area contributed by atoms with Crippen LogP contribution in [0.4, 0.5) is 4.79 Å². The minimum atomic E-state index is -1.01. The maximum Gasteiger partial charge on any atom is 0.408 e. The van der Waals surface area contributed by atoms with Gasteiger partial charge in [-0.05, 0) is 24.3 Å². The SMILES string of the molecule is O=C(O)N(Cc1ccco1)Cc1ccco1. The van der Waals surface area contributed by atoms with E-state index >= 15 is 0 Å². The second-order valence-electron chi connectivity index (χ2n) is 3.30. The van der Waals surface area contributed by atoms with Gasteiger partial charge in [-0.1, -0.05) is 0 Å². The molecule has 0 bridgehead atoms. The van der Waals surface area contributed by atoms with Gasteiger partial charge in [-0.3, -0.25) is 4.90 Å². The van der Waals surface area contributed by atoms with Gasteiger partial charge in [0.15, 0.2) is 0 Å². The van der Waals surface area contributed by atoms with Crippen molar-refractivity contribution in [3.8, 4) is 0 Å². The van der Waals surface area contributed by atoms with E-state index in [2.05, 4.69) is 0 Å². The van der Waals surface area contributed by atoms with Gasteiger partial charge < -0.3 is 13.9 Å². The fourth-order valence-electron chi connectivity index (χ4n) is 1.37. The Labute approximate surface area is 91.9 Å². The summed E-state index contributed by atoms with van der Waals surface area (Å²) in [4.78, 5) is 12.2. The predicted molar refractivity (Wildman–Crippen MR) is 54.7 cm³/mol. The summed E-state index contributed by atoms with van der Waals surface area (Å²) in [5.41, 5.74) is 0. The molecule has 0 radical (unpaired) electrons. The molecule has 0 aliphatic carbocycles. The van der Waals surface area contributed by atoms with E-state index in [9.17, 15) is 4.79 Å². The zero-order valence-corrected chi connectivity index (χ0v) is 8.50. The van der Waals surface area contributed by atoms with Crippen molar-refractivity contribution in [1.82, 2.24) is 4.90 Å². The summed E-state index contributed by atoms with van der Waals surface area (Å²) in [6.45, 7) is 0.423. The van der Waals surface area contributed by atoms with Crippen LogP contribution in [0.25, 0.3) is 0 Å². The molecule has 2 aromatic rings. The molecule has 1 N–H and O–H groups in total. The third-order valence-corrected chi connectivity index (χ3v) is 2.12. The maximum atomic E-state index is 11.0. The largest absolute Gasteiger partial charge is 0.467 e. The molecule has 16 heavy (non-hydrogen) atoms. The molecule has 5 nitrogen and oxygen atoms in total. The maximum absolute atomic E-state index is 11.0. The van der Waals surface area contributed by atoms with Gasteiger partial charge in [-0.15, -0.1) is 0 Å². The predicted octanol–water partition coefficient (Wildman–Crippen LogP) is 2.55. The fraction of sp³-hybridized carbons (Fsp3) is 0.182. The molecule has 0 aromatic carbocycles. The van der Waals surface area contributed by atoms with E-state index in [0.29, 0.717) is 11.5 Å². The Kier molecular flexibility index (Phi) is 2.95. The van der Waals surface area contributed by atoms with Gasteiger partial charge >= 0.3 is 6.09 Å². The molecule has 0 fully saturated rings. The van der Waals surface area contributed by atoms with E-state index in [4.69, 9.17) is 13.9 Å². The monoisotopic (exact) mass is 221 g/mol. The molecule has 0 spiro atoms. The van der Waals surface area contributed by atoms with E-state index in [-0.39, 0.29) is 13.1 Å². The van der Waals surface area contributed by atoms with E-state index in [1.807, 2.05) is 0 Å². The third kappa shape index (κ3) is 2.44. The van der Waals surface area contributed by atoms with Gasteiger partial charge in [0.2, 0.25) is 0 Å². The van der Waals surface area contributed by atoms with Crippen LogP contribution in [0.2, 0.25) is 0 Å². The van der Waals surface area contributed by atoms with E-state index in [1.54, 1.807) is 24.3 Å². The lowest BCUT2D eigenvalue weighted by Crippen LogP contribution is -2.27. The van der Waals surface area contributed by atoms with Crippen molar-refractivity contribution in [3.05, 3.63) is 48.3 Å². The average Bonchev–Trinajstić information content (AvgIpc) is 2.88. The van der Waals surface area contributed by atoms with Crippen LogP contribution in [-0.4, -0.2) is 16.1 Å². The van der Waals surface area contributed by atoms with Crippen molar-refractivity contribution in [2.24, 2.45) is 0 Å². The highest BCUT2D eigenvalue weighted by molar-refractivity contribution is 5.64. The number of amides is 1. The molecular formula is C11H11NO4. The number of hydrogen-bond donors (Lipinski definition) is 1. The van der Waals surface area contributed by atoms with Crippen LogP contribution in [0.1, 0.15) is 11.5 Å². The molecule has 0 aliphatic heterocycles. The molecule has 0 saturated heterocycles. The summed E-state index contributed by atoms with van der Waals surface area (Å²) in [5, 5.41) is 9.01. The first kappa shape index (κ1) is 10.4. The molecule has 2 heterocycles. The van der Waals surface area contributed by atoms with Crippen molar-refractivity contribution in [3.63, 3.8) is 0 Å². The molecule has 1 amide bonds. The van der Waals surface area contributed by atoms with E-state index in [1.165, 1.54) is 17.4 Å². The highest BCUT2D eigenvalue weighted by Crippen LogP contribution is 2.10. The van der Waals surface area contributed by atoms with Crippen molar-refractivity contribution in [2.75, 3.05) is 0 Å². The number of hydrogen-bond acceptors (Lipinski definition) is 3. The van der Waals surface area contributed by atoms with Gasteiger partial charge in [0.25, 0.3) is 0 Å². The summed E-state index contributed by atoms with van der Waals surface area (Å²) in [6.07, 6.45) is 2.03. The van der Waals surface area contributed by atoms with Gasteiger partial charge in [-0.25, -0.2) is 4.79 Å². The van der Waals surface area contributed by atoms with Crippen molar-refractivity contribution in [2.45, 2.75) is 13.1 Å². The van der Waals surface area contributed by atoms with Crippen molar-refractivity contribution in [1.29, 1.82) is 0 Å². The minimum Gasteiger partial charge on any atom is -0.467 e. The molecule has 0 saturated carbocycles. The third-order valence-electron chi connectivity index (χ3n) is 2.12. The van der Waals surface area contributed by atoms with Crippen LogP contribution < -0.4 is 0 Å². The molecule has 84 valence electrons. The quantitative estimate of drug-likeness (QED) is 0.861. The fourth-order valence-corrected chi connectivity index (χ4v) is 1.37. The number of furan rings is 2. The lowest BCUT2D eigenvalue weighted by molar-refractivity contribution is 0.131. The Bertz CT molecular complexity index is 396. The highest BCUT2D eigenvalue weighted by atomic mass is 16.4. The smallest absolute Gasteiger partial charge is 0.408 e. The Morgan fingerprint density at radius 3 is 1.94 bits per heavy atom. The standard InChI is InChI=1S/C11H11NO4/c13-11(14)12(7-9-3-1-5-15-9)8-10-4-2-6-16-10/h1-6H,7-8H2,(H,13,14). The van der Waals surface area contributed by atoms with Crippen LogP contribution in [0.15, 0.2) is 45.6 Å². The van der Waals surface area contributed by atoms with Gasteiger partial charge in [0.1, 0.15) is 11.5 Å². The van der Waals surface area contributed by atoms with Crippen LogP contribution in [-0.2, 0) is 13.1 Å². The first-order chi connectivity index (χ1) is 7.75. The number of nitrogens with zero attached hydrogens (tertiary/aromatic N) is 1. The van der Waals surface area contributed by atoms with E-state index in [0.717, 1.165) is 0 Å². The zero-order valence-electron chi connectivity index (χ0n) is 8.50. The molecular weight excluding hydrogens is 210 g/mol. The second-order valence-corrected chi connectivity index (χ2v) is 3.30. The summed E-state index contributed by atoms with van der Waals surface area (Å²) in [7, 11) is 0. The lowest BCUT2D eigenvalue weighted by Gasteiger charge is -2.16.